The van der Waals surface area contributed by atoms with Crippen molar-refractivity contribution in [1.82, 2.24) is 0 Å². The minimum atomic E-state index is -3.23. The maximum absolute atomic E-state index is 13.8. The Morgan fingerprint density at radius 1 is 1.41 bits per heavy atom. The molecule has 2 rings (SSSR count). The van der Waals surface area contributed by atoms with E-state index in [1.54, 1.807) is 12.1 Å². The van der Waals surface area contributed by atoms with Crippen molar-refractivity contribution in [2.24, 2.45) is 5.92 Å². The van der Waals surface area contributed by atoms with Crippen LogP contribution in [0.1, 0.15) is 32.3 Å². The van der Waals surface area contributed by atoms with Crippen LogP contribution in [0.15, 0.2) is 30.9 Å². The van der Waals surface area contributed by atoms with Gasteiger partial charge in [0.1, 0.15) is 0 Å². The highest BCUT2D eigenvalue weighted by atomic mass is 32.2. The second-order valence-electron chi connectivity index (χ2n) is 6.63. The maximum atomic E-state index is 13.8. The molecule has 0 unspecified atom stereocenters. The van der Waals surface area contributed by atoms with Gasteiger partial charge in [0.25, 0.3) is 0 Å². The van der Waals surface area contributed by atoms with Crippen LogP contribution in [0.3, 0.4) is 0 Å². The van der Waals surface area contributed by atoms with Crippen LogP contribution in [0.25, 0.3) is 0 Å². The van der Waals surface area contributed by atoms with Gasteiger partial charge in [-0.1, -0.05) is 26.0 Å². The van der Waals surface area contributed by atoms with E-state index in [1.807, 2.05) is 13.8 Å². The van der Waals surface area contributed by atoms with Crippen LogP contribution in [0.5, 0.6) is 5.75 Å². The van der Waals surface area contributed by atoms with Crippen molar-refractivity contribution in [2.75, 3.05) is 18.1 Å². The molecule has 0 saturated heterocycles. The molecule has 1 aliphatic carbocycles. The molecule has 1 saturated carbocycles. The van der Waals surface area contributed by atoms with E-state index < -0.39 is 21.1 Å². The van der Waals surface area contributed by atoms with Gasteiger partial charge in [-0.2, -0.15) is 0 Å². The van der Waals surface area contributed by atoms with E-state index in [1.165, 1.54) is 12.1 Å². The zero-order valence-corrected chi connectivity index (χ0v) is 14.0. The fraction of sp³-hybridized carbons (Fsp3) is 0.529. The van der Waals surface area contributed by atoms with Crippen molar-refractivity contribution >= 4 is 9.84 Å². The highest BCUT2D eigenvalue weighted by Gasteiger charge is 2.29. The molecule has 0 aromatic heterocycles. The first kappa shape index (κ1) is 17.0. The molecule has 22 heavy (non-hydrogen) atoms. The number of hydrogen-bond acceptors (Lipinski definition) is 3. The van der Waals surface area contributed by atoms with E-state index in [0.717, 1.165) is 18.4 Å². The molecule has 3 nitrogen and oxygen atoms in total. The van der Waals surface area contributed by atoms with E-state index in [9.17, 15) is 12.8 Å². The van der Waals surface area contributed by atoms with Gasteiger partial charge in [-0.05, 0) is 36.5 Å². The molecule has 0 heterocycles. The molecule has 0 aliphatic heterocycles. The van der Waals surface area contributed by atoms with E-state index in [2.05, 4.69) is 6.58 Å². The minimum Gasteiger partial charge on any atom is -0.490 e. The average molecular weight is 326 g/mol. The van der Waals surface area contributed by atoms with Crippen molar-refractivity contribution in [3.05, 3.63) is 42.2 Å². The van der Waals surface area contributed by atoms with Gasteiger partial charge in [-0.25, -0.2) is 12.8 Å². The standard InChI is InChI=1S/C17H23FO3S/c1-4-9-22(19,20)12-17(2,3)14-7-8-15(18)16(10-14)21-11-13-5-6-13/h4,7-8,10,13H,1,5-6,9,11-12H2,2-3H3. The fourth-order valence-corrected chi connectivity index (χ4v) is 4.14. The van der Waals surface area contributed by atoms with Gasteiger partial charge < -0.3 is 4.74 Å². The monoisotopic (exact) mass is 326 g/mol. The second-order valence-corrected chi connectivity index (χ2v) is 8.74. The molecular formula is C17H23FO3S. The summed E-state index contributed by atoms with van der Waals surface area (Å²) in [5.41, 5.74) is 0.139. The Morgan fingerprint density at radius 2 is 2.09 bits per heavy atom. The zero-order chi connectivity index (χ0) is 16.4. The molecule has 0 N–H and O–H groups in total. The Hall–Kier alpha value is -1.36. The molecule has 5 heteroatoms. The van der Waals surface area contributed by atoms with Crippen LogP contribution in [-0.4, -0.2) is 26.5 Å². The summed E-state index contributed by atoms with van der Waals surface area (Å²) in [6, 6.07) is 4.60. The van der Waals surface area contributed by atoms with Crippen LogP contribution in [-0.2, 0) is 15.3 Å². The number of hydrogen-bond donors (Lipinski definition) is 0. The Morgan fingerprint density at radius 3 is 2.68 bits per heavy atom. The van der Waals surface area contributed by atoms with Crippen LogP contribution < -0.4 is 4.74 Å². The van der Waals surface area contributed by atoms with Crippen molar-refractivity contribution in [3.8, 4) is 5.75 Å². The van der Waals surface area contributed by atoms with Gasteiger partial charge >= 0.3 is 0 Å². The molecule has 0 atom stereocenters. The summed E-state index contributed by atoms with van der Waals surface area (Å²) in [4.78, 5) is 0. The lowest BCUT2D eigenvalue weighted by molar-refractivity contribution is 0.284. The van der Waals surface area contributed by atoms with Gasteiger partial charge in [0.15, 0.2) is 21.4 Å². The molecule has 1 fully saturated rings. The summed E-state index contributed by atoms with van der Waals surface area (Å²) in [6.45, 7) is 7.67. The Kier molecular flexibility index (Phi) is 4.95. The van der Waals surface area contributed by atoms with Crippen LogP contribution in [0.2, 0.25) is 0 Å². The normalized spacial score (nSPS) is 15.6. The van der Waals surface area contributed by atoms with E-state index in [4.69, 9.17) is 4.74 Å². The highest BCUT2D eigenvalue weighted by Crippen LogP contribution is 2.33. The predicted molar refractivity (Wildman–Crippen MR) is 86.5 cm³/mol. The molecule has 1 aromatic carbocycles. The summed E-state index contributed by atoms with van der Waals surface area (Å²) in [5, 5.41) is 0. The van der Waals surface area contributed by atoms with Gasteiger partial charge in [-0.15, -0.1) is 6.58 Å². The van der Waals surface area contributed by atoms with Gasteiger partial charge in [0.2, 0.25) is 0 Å². The van der Waals surface area contributed by atoms with Crippen molar-refractivity contribution in [2.45, 2.75) is 32.1 Å². The number of rotatable bonds is 8. The van der Waals surface area contributed by atoms with Crippen molar-refractivity contribution in [1.29, 1.82) is 0 Å². The molecule has 0 spiro atoms. The van der Waals surface area contributed by atoms with Crippen molar-refractivity contribution < 1.29 is 17.5 Å². The smallest absolute Gasteiger partial charge is 0.165 e. The number of benzene rings is 1. The molecule has 1 aromatic rings. The Labute approximate surface area is 132 Å². The van der Waals surface area contributed by atoms with E-state index in [0.29, 0.717) is 12.5 Å². The van der Waals surface area contributed by atoms with E-state index >= 15 is 0 Å². The quantitative estimate of drug-likeness (QED) is 0.687. The predicted octanol–water partition coefficient (Wildman–Crippen LogP) is 3.49. The van der Waals surface area contributed by atoms with Gasteiger partial charge in [-0.3, -0.25) is 0 Å². The van der Waals surface area contributed by atoms with Crippen molar-refractivity contribution in [3.63, 3.8) is 0 Å². The molecule has 0 amide bonds. The first-order valence-electron chi connectivity index (χ1n) is 7.48. The highest BCUT2D eigenvalue weighted by molar-refractivity contribution is 7.91. The third-order valence-electron chi connectivity index (χ3n) is 3.84. The third-order valence-corrected chi connectivity index (χ3v) is 5.74. The van der Waals surface area contributed by atoms with Crippen LogP contribution in [0.4, 0.5) is 4.39 Å². The molecule has 0 bridgehead atoms. The number of halogens is 1. The zero-order valence-electron chi connectivity index (χ0n) is 13.1. The number of sulfone groups is 1. The number of ether oxygens (including phenoxy) is 1. The van der Waals surface area contributed by atoms with Crippen LogP contribution >= 0.6 is 0 Å². The lowest BCUT2D eigenvalue weighted by atomic mass is 9.86. The Bertz CT molecular complexity index is 646. The molecule has 1 aliphatic rings. The lowest BCUT2D eigenvalue weighted by Crippen LogP contribution is -2.29. The SMILES string of the molecule is C=CCS(=O)(=O)CC(C)(C)c1ccc(F)c(OCC2CC2)c1. The minimum absolute atomic E-state index is 0.0142. The molecule has 122 valence electrons. The Balaban J connectivity index is 2.18. The summed E-state index contributed by atoms with van der Waals surface area (Å²) in [7, 11) is -3.23. The van der Waals surface area contributed by atoms with Gasteiger partial charge in [0.05, 0.1) is 18.1 Å². The first-order valence-corrected chi connectivity index (χ1v) is 9.30. The largest absolute Gasteiger partial charge is 0.490 e. The molecule has 0 radical (unpaired) electrons. The van der Waals surface area contributed by atoms with E-state index in [-0.39, 0.29) is 17.3 Å². The average Bonchev–Trinajstić information content (AvgIpc) is 3.20. The third kappa shape index (κ3) is 4.57. The maximum Gasteiger partial charge on any atom is 0.165 e. The summed E-state index contributed by atoms with van der Waals surface area (Å²) in [6.07, 6.45) is 3.65. The summed E-state index contributed by atoms with van der Waals surface area (Å²) < 4.78 is 43.4. The first-order chi connectivity index (χ1) is 10.2. The summed E-state index contributed by atoms with van der Waals surface area (Å²) >= 11 is 0. The van der Waals surface area contributed by atoms with Gasteiger partial charge in [0, 0.05) is 5.41 Å². The summed E-state index contributed by atoms with van der Waals surface area (Å²) in [5.74, 6) is 0.263. The second kappa shape index (κ2) is 6.41. The van der Waals surface area contributed by atoms with Crippen LogP contribution in [0, 0.1) is 11.7 Å². The lowest BCUT2D eigenvalue weighted by Gasteiger charge is -2.25. The topological polar surface area (TPSA) is 43.4 Å². The fourth-order valence-electron chi connectivity index (χ4n) is 2.40. The molecular weight excluding hydrogens is 303 g/mol.